The highest BCUT2D eigenvalue weighted by molar-refractivity contribution is 5.97. The van der Waals surface area contributed by atoms with Gasteiger partial charge < -0.3 is 14.8 Å². The topological polar surface area (TPSA) is 88.4 Å². The van der Waals surface area contributed by atoms with E-state index in [4.69, 9.17) is 10.00 Å². The van der Waals surface area contributed by atoms with E-state index in [0.29, 0.717) is 11.3 Å². The molecule has 1 atom stereocenters. The molecule has 0 aliphatic heterocycles. The molecule has 0 radical (unpaired) electrons. The van der Waals surface area contributed by atoms with E-state index >= 15 is 0 Å². The summed E-state index contributed by atoms with van der Waals surface area (Å²) in [5.41, 5.74) is 0.980. The molecule has 1 unspecified atom stereocenters. The number of nitrogens with zero attached hydrogens (tertiary/aromatic N) is 1. The zero-order chi connectivity index (χ0) is 21.4. The maximum absolute atomic E-state index is 12.1. The highest BCUT2D eigenvalue weighted by Crippen LogP contribution is 2.23. The minimum absolute atomic E-state index is 0.261. The van der Waals surface area contributed by atoms with Crippen LogP contribution in [0, 0.1) is 11.3 Å². The molecule has 0 aliphatic carbocycles. The molecule has 9 heteroatoms. The summed E-state index contributed by atoms with van der Waals surface area (Å²) in [5.74, 6) is -1.83. The van der Waals surface area contributed by atoms with Gasteiger partial charge in [-0.2, -0.15) is 5.26 Å². The Morgan fingerprint density at radius 2 is 1.79 bits per heavy atom. The molecule has 0 fully saturated rings. The Balaban J connectivity index is 1.91. The lowest BCUT2D eigenvalue weighted by Gasteiger charge is -2.13. The number of hydrogen-bond acceptors (Lipinski definition) is 5. The zero-order valence-electron chi connectivity index (χ0n) is 15.1. The number of halogens is 3. The maximum Gasteiger partial charge on any atom is 0.573 e. The van der Waals surface area contributed by atoms with Gasteiger partial charge in [-0.3, -0.25) is 4.79 Å². The van der Waals surface area contributed by atoms with Crippen molar-refractivity contribution in [2.75, 3.05) is 5.32 Å². The number of para-hydroxylation sites is 1. The molecule has 150 valence electrons. The summed E-state index contributed by atoms with van der Waals surface area (Å²) in [6.45, 7) is 1.36. The van der Waals surface area contributed by atoms with E-state index in [1.165, 1.54) is 37.3 Å². The Hall–Kier alpha value is -3.80. The van der Waals surface area contributed by atoms with E-state index in [9.17, 15) is 22.8 Å². The standard InChI is InChI=1S/C20H15F3N2O4/c1-13(19(27)25-17-5-3-2-4-15(17)12-24)28-18(26)11-8-14-6-9-16(10-7-14)29-20(21,22)23/h2-11,13H,1H3,(H,25,27)/b11-8+. The lowest BCUT2D eigenvalue weighted by Crippen LogP contribution is -2.29. The molecule has 0 bridgehead atoms. The van der Waals surface area contributed by atoms with Gasteiger partial charge in [0.1, 0.15) is 11.8 Å². The van der Waals surface area contributed by atoms with Crippen LogP contribution in [0.2, 0.25) is 0 Å². The molecular formula is C20H15F3N2O4. The number of nitriles is 1. The first-order valence-corrected chi connectivity index (χ1v) is 8.22. The number of alkyl halides is 3. The average molecular weight is 404 g/mol. The van der Waals surface area contributed by atoms with Gasteiger partial charge in [0.05, 0.1) is 11.3 Å². The van der Waals surface area contributed by atoms with E-state index in [0.717, 1.165) is 18.2 Å². The summed E-state index contributed by atoms with van der Waals surface area (Å²) < 4.78 is 45.1. The Bertz CT molecular complexity index is 947. The van der Waals surface area contributed by atoms with Crippen LogP contribution in [0.25, 0.3) is 6.08 Å². The molecule has 2 aromatic carbocycles. The predicted molar refractivity (Wildman–Crippen MR) is 97.5 cm³/mol. The second-order valence-electron chi connectivity index (χ2n) is 5.68. The summed E-state index contributed by atoms with van der Waals surface area (Å²) in [5, 5.41) is 11.5. The summed E-state index contributed by atoms with van der Waals surface area (Å²) >= 11 is 0. The van der Waals surface area contributed by atoms with Gasteiger partial charge in [-0.25, -0.2) is 4.79 Å². The van der Waals surface area contributed by atoms with Crippen LogP contribution in [0.4, 0.5) is 18.9 Å². The quantitative estimate of drug-likeness (QED) is 0.580. The van der Waals surface area contributed by atoms with Crippen molar-refractivity contribution < 1.29 is 32.2 Å². The van der Waals surface area contributed by atoms with Crippen LogP contribution in [-0.2, 0) is 14.3 Å². The van der Waals surface area contributed by atoms with Crippen LogP contribution in [0.3, 0.4) is 0 Å². The SMILES string of the molecule is CC(OC(=O)/C=C/c1ccc(OC(F)(F)F)cc1)C(=O)Nc1ccccc1C#N. The van der Waals surface area contributed by atoms with Crippen molar-refractivity contribution >= 4 is 23.6 Å². The third-order valence-electron chi connectivity index (χ3n) is 3.49. The second kappa shape index (κ2) is 9.41. The lowest BCUT2D eigenvalue weighted by atomic mass is 10.2. The van der Waals surface area contributed by atoms with Crippen molar-refractivity contribution in [3.8, 4) is 11.8 Å². The largest absolute Gasteiger partial charge is 0.573 e. The van der Waals surface area contributed by atoms with E-state index in [-0.39, 0.29) is 11.3 Å². The van der Waals surface area contributed by atoms with E-state index < -0.39 is 24.3 Å². The Kier molecular flexibility index (Phi) is 6.98. The van der Waals surface area contributed by atoms with Crippen LogP contribution in [0.15, 0.2) is 54.6 Å². The fourth-order valence-corrected chi connectivity index (χ4v) is 2.14. The number of carbonyl (C=O) groups is 2. The van der Waals surface area contributed by atoms with Gasteiger partial charge in [0.2, 0.25) is 0 Å². The van der Waals surface area contributed by atoms with Gasteiger partial charge in [0, 0.05) is 6.08 Å². The molecule has 1 amide bonds. The predicted octanol–water partition coefficient (Wildman–Crippen LogP) is 4.04. The summed E-state index contributed by atoms with van der Waals surface area (Å²) in [6, 6.07) is 13.1. The Morgan fingerprint density at radius 3 is 2.41 bits per heavy atom. The highest BCUT2D eigenvalue weighted by Gasteiger charge is 2.30. The minimum Gasteiger partial charge on any atom is -0.449 e. The number of amides is 1. The number of carbonyl (C=O) groups excluding carboxylic acids is 2. The van der Waals surface area contributed by atoms with Gasteiger partial charge in [0.25, 0.3) is 5.91 Å². The lowest BCUT2D eigenvalue weighted by molar-refractivity contribution is -0.274. The normalized spacial score (nSPS) is 12.1. The summed E-state index contributed by atoms with van der Waals surface area (Å²) in [6.07, 6.45) is -3.57. The van der Waals surface area contributed by atoms with Gasteiger partial charge in [-0.1, -0.05) is 24.3 Å². The highest BCUT2D eigenvalue weighted by atomic mass is 19.4. The van der Waals surface area contributed by atoms with Crippen LogP contribution in [0.1, 0.15) is 18.1 Å². The molecule has 1 N–H and O–H groups in total. The molecule has 0 saturated carbocycles. The molecule has 0 aliphatic rings. The first kappa shape index (κ1) is 21.5. The fraction of sp³-hybridized carbons (Fsp3) is 0.150. The van der Waals surface area contributed by atoms with Crippen LogP contribution in [0.5, 0.6) is 5.75 Å². The van der Waals surface area contributed by atoms with Crippen molar-refractivity contribution in [1.82, 2.24) is 0 Å². The van der Waals surface area contributed by atoms with Crippen molar-refractivity contribution in [2.24, 2.45) is 0 Å². The van der Waals surface area contributed by atoms with Crippen molar-refractivity contribution in [3.05, 3.63) is 65.7 Å². The molecule has 0 saturated heterocycles. The second-order valence-corrected chi connectivity index (χ2v) is 5.68. The number of esters is 1. The molecule has 0 heterocycles. The van der Waals surface area contributed by atoms with E-state index in [2.05, 4.69) is 10.1 Å². The summed E-state index contributed by atoms with van der Waals surface area (Å²) in [7, 11) is 0. The monoisotopic (exact) mass is 404 g/mol. The Morgan fingerprint density at radius 1 is 1.14 bits per heavy atom. The molecule has 29 heavy (non-hydrogen) atoms. The molecule has 0 spiro atoms. The van der Waals surface area contributed by atoms with Crippen LogP contribution >= 0.6 is 0 Å². The first-order chi connectivity index (χ1) is 13.7. The fourth-order valence-electron chi connectivity index (χ4n) is 2.14. The number of anilines is 1. The van der Waals surface area contributed by atoms with E-state index in [1.54, 1.807) is 12.1 Å². The number of hydrogen-bond donors (Lipinski definition) is 1. The molecule has 2 aromatic rings. The number of nitrogens with one attached hydrogen (secondary N) is 1. The number of rotatable bonds is 6. The molecule has 6 nitrogen and oxygen atoms in total. The van der Waals surface area contributed by atoms with Crippen molar-refractivity contribution in [1.29, 1.82) is 5.26 Å². The minimum atomic E-state index is -4.79. The van der Waals surface area contributed by atoms with Crippen molar-refractivity contribution in [2.45, 2.75) is 19.4 Å². The number of ether oxygens (including phenoxy) is 2. The van der Waals surface area contributed by atoms with Gasteiger partial charge in [-0.15, -0.1) is 13.2 Å². The molecular weight excluding hydrogens is 389 g/mol. The van der Waals surface area contributed by atoms with Crippen LogP contribution < -0.4 is 10.1 Å². The third kappa shape index (κ3) is 7.03. The smallest absolute Gasteiger partial charge is 0.449 e. The summed E-state index contributed by atoms with van der Waals surface area (Å²) in [4.78, 5) is 24.0. The van der Waals surface area contributed by atoms with Gasteiger partial charge in [-0.05, 0) is 42.8 Å². The Labute approximate surface area is 164 Å². The van der Waals surface area contributed by atoms with Crippen LogP contribution in [-0.4, -0.2) is 24.3 Å². The van der Waals surface area contributed by atoms with Crippen molar-refractivity contribution in [3.63, 3.8) is 0 Å². The zero-order valence-corrected chi connectivity index (χ0v) is 15.1. The maximum atomic E-state index is 12.1. The molecule has 2 rings (SSSR count). The first-order valence-electron chi connectivity index (χ1n) is 8.22. The van der Waals surface area contributed by atoms with E-state index in [1.807, 2.05) is 6.07 Å². The number of benzene rings is 2. The third-order valence-corrected chi connectivity index (χ3v) is 3.49. The van der Waals surface area contributed by atoms with Gasteiger partial charge >= 0.3 is 12.3 Å². The average Bonchev–Trinajstić information content (AvgIpc) is 2.66. The molecule has 0 aromatic heterocycles. The van der Waals surface area contributed by atoms with Gasteiger partial charge in [0.15, 0.2) is 6.10 Å².